The predicted octanol–water partition coefficient (Wildman–Crippen LogP) is 4.18. The number of anilines is 2. The minimum Gasteiger partial charge on any atom is -0.352 e. The molecule has 178 valence electrons. The van der Waals surface area contributed by atoms with Gasteiger partial charge in [0.1, 0.15) is 6.04 Å². The van der Waals surface area contributed by atoms with Crippen molar-refractivity contribution in [2.24, 2.45) is 11.8 Å². The average molecular weight is 479 g/mol. The molecule has 4 atom stereocenters. The maximum atomic E-state index is 13.9. The van der Waals surface area contributed by atoms with Gasteiger partial charge in [0.15, 0.2) is 5.78 Å². The lowest BCUT2D eigenvalue weighted by Gasteiger charge is -2.36. The third-order valence-electron chi connectivity index (χ3n) is 7.37. The van der Waals surface area contributed by atoms with Crippen LogP contribution in [0.15, 0.2) is 78.9 Å². The number of para-hydroxylation sites is 1. The number of carbonyl (C=O) groups is 3. The van der Waals surface area contributed by atoms with Crippen molar-refractivity contribution < 1.29 is 19.3 Å². The molecule has 0 bridgehead atoms. The van der Waals surface area contributed by atoms with E-state index < -0.39 is 40.7 Å². The molecule has 0 aliphatic carbocycles. The molecule has 2 saturated heterocycles. The van der Waals surface area contributed by atoms with Crippen molar-refractivity contribution in [3.63, 3.8) is 0 Å². The Morgan fingerprint density at radius 3 is 2.31 bits per heavy atom. The smallest absolute Gasteiger partial charge is 0.269 e. The number of hydrogen-bond acceptors (Lipinski definition) is 6. The van der Waals surface area contributed by atoms with Crippen molar-refractivity contribution in [3.05, 3.63) is 106 Å². The fourth-order valence-corrected chi connectivity index (χ4v) is 5.83. The van der Waals surface area contributed by atoms with Gasteiger partial charge in [0.2, 0.25) is 11.8 Å². The lowest BCUT2D eigenvalue weighted by atomic mass is 9.86. The van der Waals surface area contributed by atoms with Crippen LogP contribution in [0.3, 0.4) is 0 Å². The number of nitrogens with zero attached hydrogens (tertiary/aromatic N) is 3. The van der Waals surface area contributed by atoms with Gasteiger partial charge in [0, 0.05) is 23.4 Å². The first-order valence-electron chi connectivity index (χ1n) is 11.7. The molecule has 36 heavy (non-hydrogen) atoms. The van der Waals surface area contributed by atoms with Crippen LogP contribution >= 0.6 is 0 Å². The van der Waals surface area contributed by atoms with Crippen LogP contribution in [0, 0.1) is 28.9 Å². The van der Waals surface area contributed by atoms with Gasteiger partial charge in [-0.05, 0) is 30.2 Å². The second-order valence-electron chi connectivity index (χ2n) is 9.28. The molecule has 3 aliphatic heterocycles. The monoisotopic (exact) mass is 479 g/mol. The standard InChI is InChI=1S/C28H21N3O5/c1-16-15-19(31(35)36)12-14-20(16)30-27(33)23-22-13-11-17-7-5-6-10-21(17)29(22)25(24(23)28(30)34)26(32)18-8-3-2-4-9-18/h2-15,22-25H,1H3/t22-,23-,24-,25+/m1/s1. The van der Waals surface area contributed by atoms with Crippen LogP contribution in [0.25, 0.3) is 6.08 Å². The van der Waals surface area contributed by atoms with E-state index in [0.717, 1.165) is 16.2 Å². The summed E-state index contributed by atoms with van der Waals surface area (Å²) in [5, 5.41) is 11.2. The molecule has 0 spiro atoms. The molecule has 3 aromatic rings. The number of ketones is 1. The molecule has 0 N–H and O–H groups in total. The number of imide groups is 1. The summed E-state index contributed by atoms with van der Waals surface area (Å²) in [6.45, 7) is 1.63. The number of non-ortho nitro benzene ring substituents is 1. The Bertz CT molecular complexity index is 1480. The zero-order valence-corrected chi connectivity index (χ0v) is 19.3. The maximum Gasteiger partial charge on any atom is 0.269 e. The van der Waals surface area contributed by atoms with Gasteiger partial charge in [0.05, 0.1) is 28.5 Å². The molecule has 0 radical (unpaired) electrons. The fourth-order valence-electron chi connectivity index (χ4n) is 5.83. The highest BCUT2D eigenvalue weighted by molar-refractivity contribution is 6.26. The normalized spacial score (nSPS) is 23.9. The molecule has 0 saturated carbocycles. The SMILES string of the molecule is Cc1cc([N+](=O)[O-])ccc1N1C(=O)[C@@H]2[C@H](C1=O)[C@H]1C=Cc3ccccc3N1[C@@H]2C(=O)c1ccccc1. The van der Waals surface area contributed by atoms with Gasteiger partial charge in [-0.25, -0.2) is 4.90 Å². The van der Waals surface area contributed by atoms with Gasteiger partial charge in [-0.15, -0.1) is 0 Å². The number of nitro groups is 1. The number of Topliss-reactive ketones (excluding diaryl/α,β-unsaturated/α-hetero) is 1. The van der Waals surface area contributed by atoms with Gasteiger partial charge < -0.3 is 4.90 Å². The van der Waals surface area contributed by atoms with Crippen LogP contribution in [0.4, 0.5) is 17.1 Å². The molecule has 0 aromatic heterocycles. The molecule has 2 fully saturated rings. The van der Waals surface area contributed by atoms with Crippen LogP contribution in [-0.2, 0) is 9.59 Å². The van der Waals surface area contributed by atoms with Gasteiger partial charge in [-0.3, -0.25) is 24.5 Å². The van der Waals surface area contributed by atoms with E-state index in [-0.39, 0.29) is 11.5 Å². The summed E-state index contributed by atoms with van der Waals surface area (Å²) >= 11 is 0. The second-order valence-corrected chi connectivity index (χ2v) is 9.28. The minimum absolute atomic E-state index is 0.120. The summed E-state index contributed by atoms with van der Waals surface area (Å²) < 4.78 is 0. The van der Waals surface area contributed by atoms with Crippen LogP contribution in [0.2, 0.25) is 0 Å². The van der Waals surface area contributed by atoms with E-state index in [2.05, 4.69) is 0 Å². The molecule has 8 heteroatoms. The van der Waals surface area contributed by atoms with Gasteiger partial charge >= 0.3 is 0 Å². The van der Waals surface area contributed by atoms with Crippen molar-refractivity contribution in [1.82, 2.24) is 0 Å². The van der Waals surface area contributed by atoms with Crippen LogP contribution < -0.4 is 9.80 Å². The Kier molecular flexibility index (Phi) is 4.86. The minimum atomic E-state index is -0.888. The Morgan fingerprint density at radius 1 is 0.889 bits per heavy atom. The van der Waals surface area contributed by atoms with E-state index >= 15 is 0 Å². The predicted molar refractivity (Wildman–Crippen MR) is 134 cm³/mol. The number of rotatable bonds is 4. The molecule has 3 heterocycles. The molecule has 6 rings (SSSR count). The van der Waals surface area contributed by atoms with Gasteiger partial charge in [-0.2, -0.15) is 0 Å². The Morgan fingerprint density at radius 2 is 1.58 bits per heavy atom. The first kappa shape index (κ1) is 21.9. The molecule has 3 aromatic carbocycles. The van der Waals surface area contributed by atoms with Crippen molar-refractivity contribution in [2.75, 3.05) is 9.80 Å². The van der Waals surface area contributed by atoms with E-state index in [1.807, 2.05) is 47.4 Å². The lowest BCUT2D eigenvalue weighted by Crippen LogP contribution is -2.49. The van der Waals surface area contributed by atoms with E-state index in [9.17, 15) is 24.5 Å². The zero-order chi connectivity index (χ0) is 25.1. The summed E-state index contributed by atoms with van der Waals surface area (Å²) in [6, 6.07) is 19.2. The molecule has 8 nitrogen and oxygen atoms in total. The first-order valence-corrected chi connectivity index (χ1v) is 11.7. The Hall–Kier alpha value is -4.59. The topological polar surface area (TPSA) is 101 Å². The van der Waals surface area contributed by atoms with Crippen molar-refractivity contribution in [1.29, 1.82) is 0 Å². The quantitative estimate of drug-likeness (QED) is 0.241. The first-order chi connectivity index (χ1) is 17.4. The average Bonchev–Trinajstić information content (AvgIpc) is 3.37. The highest BCUT2D eigenvalue weighted by Crippen LogP contribution is 2.50. The van der Waals surface area contributed by atoms with Crippen molar-refractivity contribution in [3.8, 4) is 0 Å². The second kappa shape index (κ2) is 7.98. The van der Waals surface area contributed by atoms with E-state index in [0.29, 0.717) is 16.8 Å². The Balaban J connectivity index is 1.48. The van der Waals surface area contributed by atoms with Gasteiger partial charge in [0.25, 0.3) is 5.69 Å². The Labute approximate surface area is 206 Å². The third-order valence-corrected chi connectivity index (χ3v) is 7.37. The number of aryl methyl sites for hydroxylation is 1. The van der Waals surface area contributed by atoms with Crippen molar-refractivity contribution in [2.45, 2.75) is 19.0 Å². The summed E-state index contributed by atoms with van der Waals surface area (Å²) in [4.78, 5) is 55.4. The highest BCUT2D eigenvalue weighted by atomic mass is 16.6. The number of hydrogen-bond donors (Lipinski definition) is 0. The molecular weight excluding hydrogens is 458 g/mol. The molecule has 3 aliphatic rings. The van der Waals surface area contributed by atoms with E-state index in [4.69, 9.17) is 0 Å². The fraction of sp³-hybridized carbons (Fsp3) is 0.179. The van der Waals surface area contributed by atoms with Crippen LogP contribution in [-0.4, -0.2) is 34.6 Å². The maximum absolute atomic E-state index is 13.9. The summed E-state index contributed by atoms with van der Waals surface area (Å²) in [6.07, 6.45) is 3.83. The van der Waals surface area contributed by atoms with Gasteiger partial charge in [-0.1, -0.05) is 60.7 Å². The largest absolute Gasteiger partial charge is 0.352 e. The molecule has 0 unspecified atom stereocenters. The van der Waals surface area contributed by atoms with E-state index in [1.165, 1.54) is 18.2 Å². The number of carbonyl (C=O) groups excluding carboxylic acids is 3. The summed E-state index contributed by atoms with van der Waals surface area (Å²) in [5.41, 5.74) is 2.83. The molecular formula is C28H21N3O5. The van der Waals surface area contributed by atoms with E-state index in [1.54, 1.807) is 31.2 Å². The van der Waals surface area contributed by atoms with Crippen LogP contribution in [0.5, 0.6) is 0 Å². The lowest BCUT2D eigenvalue weighted by molar-refractivity contribution is -0.384. The van der Waals surface area contributed by atoms with Crippen molar-refractivity contribution >= 4 is 40.7 Å². The summed E-state index contributed by atoms with van der Waals surface area (Å²) in [7, 11) is 0. The number of benzene rings is 3. The number of nitro benzene ring substituents is 1. The highest BCUT2D eigenvalue weighted by Gasteiger charge is 2.64. The third kappa shape index (κ3) is 3.04. The molecule has 2 amide bonds. The summed E-state index contributed by atoms with van der Waals surface area (Å²) in [5.74, 6) is -2.72. The number of fused-ring (bicyclic) bond motifs is 5. The zero-order valence-electron chi connectivity index (χ0n) is 19.3. The van der Waals surface area contributed by atoms with Crippen LogP contribution in [0.1, 0.15) is 21.5 Å². The number of amides is 2.